The average molecular weight is 589 g/mol. The summed E-state index contributed by atoms with van der Waals surface area (Å²) < 4.78 is 13.5. The number of nitrogens with zero attached hydrogens (tertiary/aromatic N) is 4. The Morgan fingerprint density at radius 1 is 1.12 bits per heavy atom. The molecule has 4 heterocycles. The fourth-order valence-electron chi connectivity index (χ4n) is 5.45. The first-order valence-electron chi connectivity index (χ1n) is 13.9. The lowest BCUT2D eigenvalue weighted by atomic mass is 9.94. The third-order valence-electron chi connectivity index (χ3n) is 7.58. The van der Waals surface area contributed by atoms with Gasteiger partial charge in [-0.05, 0) is 73.6 Å². The van der Waals surface area contributed by atoms with Gasteiger partial charge in [0.1, 0.15) is 10.8 Å². The number of aliphatic imine (C=N–C) groups is 1. The molecule has 42 heavy (non-hydrogen) atoms. The number of allylic oxidation sites excluding steroid dienone is 1. The highest BCUT2D eigenvalue weighted by molar-refractivity contribution is 6.32. The summed E-state index contributed by atoms with van der Waals surface area (Å²) in [5, 5.41) is 12.7. The Bertz CT molecular complexity index is 1580. The fraction of sp³-hybridized carbons (Fsp3) is 0.300. The van der Waals surface area contributed by atoms with Crippen LogP contribution < -0.4 is 21.3 Å². The van der Waals surface area contributed by atoms with Crippen LogP contribution in [0.5, 0.6) is 0 Å². The molecule has 2 aromatic carbocycles. The molecule has 3 amide bonds. The van der Waals surface area contributed by atoms with E-state index in [1.807, 2.05) is 24.4 Å². The number of urea groups is 1. The second kappa shape index (κ2) is 12.2. The molecule has 3 aromatic rings. The van der Waals surface area contributed by atoms with Crippen molar-refractivity contribution in [3.05, 3.63) is 77.0 Å². The van der Waals surface area contributed by atoms with Gasteiger partial charge in [-0.2, -0.15) is 4.98 Å². The molecule has 0 radical (unpaired) electrons. The smallest absolute Gasteiger partial charge is 0.321 e. The zero-order valence-corrected chi connectivity index (χ0v) is 23.5. The average Bonchev–Trinajstić information content (AvgIpc) is 3.43. The Kier molecular flexibility index (Phi) is 8.00. The van der Waals surface area contributed by atoms with Crippen molar-refractivity contribution in [3.8, 4) is 0 Å². The number of carbonyl (C=O) groups excluding carboxylic acids is 2. The van der Waals surface area contributed by atoms with Crippen molar-refractivity contribution in [2.75, 3.05) is 34.4 Å². The summed E-state index contributed by atoms with van der Waals surface area (Å²) in [6, 6.07) is 11.3. The number of carbonyl (C=O) groups is 2. The van der Waals surface area contributed by atoms with E-state index < -0.39 is 5.82 Å². The van der Waals surface area contributed by atoms with Crippen LogP contribution in [-0.4, -0.2) is 46.1 Å². The number of aromatic nitrogens is 2. The molecule has 3 aliphatic heterocycles. The minimum atomic E-state index is -0.414. The summed E-state index contributed by atoms with van der Waals surface area (Å²) in [4.78, 5) is 40.7. The molecular weight excluding hydrogens is 559 g/mol. The molecule has 12 heteroatoms. The normalized spacial score (nSPS) is 19.3. The number of nitrogens with one attached hydrogen (secondary N) is 4. The Morgan fingerprint density at radius 2 is 2.02 bits per heavy atom. The lowest BCUT2D eigenvalue weighted by Gasteiger charge is -2.19. The van der Waals surface area contributed by atoms with E-state index in [1.54, 1.807) is 29.4 Å². The van der Waals surface area contributed by atoms with Crippen molar-refractivity contribution in [2.45, 2.75) is 32.1 Å². The number of hydrogen-bond acceptors (Lipinski definition) is 7. The molecule has 0 spiro atoms. The molecule has 0 aliphatic carbocycles. The second-order valence-corrected chi connectivity index (χ2v) is 11.2. The van der Waals surface area contributed by atoms with Crippen molar-refractivity contribution in [1.29, 1.82) is 0 Å². The second-order valence-electron chi connectivity index (χ2n) is 10.8. The summed E-state index contributed by atoms with van der Waals surface area (Å²) in [5.74, 6) is 0.629. The number of hydrogen-bond donors (Lipinski definition) is 4. The van der Waals surface area contributed by atoms with Crippen molar-refractivity contribution in [2.24, 2.45) is 16.8 Å². The number of likely N-dealkylation sites (tertiary alicyclic amines) is 1. The highest BCUT2D eigenvalue weighted by Gasteiger charge is 2.28. The topological polar surface area (TPSA) is 124 Å². The van der Waals surface area contributed by atoms with Crippen LogP contribution in [0, 0.1) is 17.7 Å². The summed E-state index contributed by atoms with van der Waals surface area (Å²) in [5.41, 5.74) is 3.85. The van der Waals surface area contributed by atoms with E-state index in [9.17, 15) is 14.0 Å². The molecule has 3 aliphatic rings. The number of amides is 3. The molecule has 1 aromatic heterocycles. The lowest BCUT2D eigenvalue weighted by molar-refractivity contribution is -0.117. The standard InChI is InChI=1S/C30H30ClFN8O2/c31-25-16-34-29-36-24-10-18(14-33-15-24)4-5-20-12-23(35-28(25)39-29)6-7-26(20)38-27(41)11-19-8-9-40(17-19)30(42)37-22-3-1-2-21(32)13-22/h1-3,6-7,12-16,18-19H,4-5,8-11,17H2,(H,37,42)(H,38,41)(H2,34,35,36,39)/t18?,19-/m0/s1. The molecule has 0 saturated carbocycles. The van der Waals surface area contributed by atoms with Gasteiger partial charge >= 0.3 is 6.03 Å². The van der Waals surface area contributed by atoms with Gasteiger partial charge in [-0.3, -0.25) is 9.79 Å². The summed E-state index contributed by atoms with van der Waals surface area (Å²) in [6.07, 6.45) is 8.62. The molecule has 10 nitrogen and oxygen atoms in total. The molecular formula is C30H30ClFN8O2. The van der Waals surface area contributed by atoms with Crippen LogP contribution in [0.2, 0.25) is 5.02 Å². The quantitative estimate of drug-likeness (QED) is 0.288. The van der Waals surface area contributed by atoms with Gasteiger partial charge in [-0.25, -0.2) is 14.2 Å². The zero-order chi connectivity index (χ0) is 29.1. The number of rotatable bonds is 4. The van der Waals surface area contributed by atoms with Crippen molar-refractivity contribution in [1.82, 2.24) is 14.9 Å². The van der Waals surface area contributed by atoms with E-state index in [0.717, 1.165) is 41.9 Å². The number of aryl methyl sites for hydroxylation is 1. The van der Waals surface area contributed by atoms with Crippen LogP contribution in [0.1, 0.15) is 31.2 Å². The van der Waals surface area contributed by atoms with Crippen LogP contribution in [0.25, 0.3) is 0 Å². The Labute approximate surface area is 247 Å². The first-order chi connectivity index (χ1) is 20.4. The van der Waals surface area contributed by atoms with Crippen molar-refractivity contribution < 1.29 is 14.0 Å². The predicted molar refractivity (Wildman–Crippen MR) is 162 cm³/mol. The first-order valence-corrected chi connectivity index (χ1v) is 14.3. The molecule has 1 unspecified atom stereocenters. The SMILES string of the molecule is O=C(C[C@@H]1CCN(C(=O)Nc2cccc(F)c2)C1)Nc1ccc2cc1CCC1C=NC=C(C1)Nc1ncc(Cl)c(n1)N2. The van der Waals surface area contributed by atoms with E-state index in [-0.39, 0.29) is 30.2 Å². The third kappa shape index (κ3) is 6.68. The molecule has 1 fully saturated rings. The van der Waals surface area contributed by atoms with Gasteiger partial charge in [0.15, 0.2) is 5.82 Å². The van der Waals surface area contributed by atoms with Gasteiger partial charge in [-0.15, -0.1) is 0 Å². The molecule has 1 saturated heterocycles. The maximum atomic E-state index is 13.5. The first kappa shape index (κ1) is 27.6. The molecule has 4 N–H and O–H groups in total. The predicted octanol–water partition coefficient (Wildman–Crippen LogP) is 6.19. The van der Waals surface area contributed by atoms with Crippen LogP contribution in [0.4, 0.5) is 38.0 Å². The van der Waals surface area contributed by atoms with Gasteiger partial charge in [-0.1, -0.05) is 17.7 Å². The minimum Gasteiger partial charge on any atom is -0.339 e. The van der Waals surface area contributed by atoms with Crippen LogP contribution in [0.3, 0.4) is 0 Å². The highest BCUT2D eigenvalue weighted by atomic mass is 35.5. The minimum absolute atomic E-state index is 0.0273. The number of fused-ring (bicyclic) bond motifs is 6. The number of anilines is 5. The van der Waals surface area contributed by atoms with Gasteiger partial charge in [0, 0.05) is 60.6 Å². The largest absolute Gasteiger partial charge is 0.339 e. The van der Waals surface area contributed by atoms with Gasteiger partial charge in [0.05, 0.1) is 6.20 Å². The van der Waals surface area contributed by atoms with E-state index in [4.69, 9.17) is 11.6 Å². The molecule has 6 rings (SSSR count). The Hall–Kier alpha value is -4.51. The maximum absolute atomic E-state index is 13.5. The van der Waals surface area contributed by atoms with E-state index >= 15 is 0 Å². The van der Waals surface area contributed by atoms with E-state index in [0.29, 0.717) is 42.0 Å². The summed E-state index contributed by atoms with van der Waals surface area (Å²) in [7, 11) is 0. The highest BCUT2D eigenvalue weighted by Crippen LogP contribution is 2.31. The summed E-state index contributed by atoms with van der Waals surface area (Å²) in [6.45, 7) is 0.989. The van der Waals surface area contributed by atoms with Gasteiger partial charge in [0.2, 0.25) is 11.9 Å². The van der Waals surface area contributed by atoms with E-state index in [2.05, 4.69) is 36.2 Å². The fourth-order valence-corrected chi connectivity index (χ4v) is 5.59. The van der Waals surface area contributed by atoms with Crippen LogP contribution in [0.15, 0.2) is 65.6 Å². The monoisotopic (exact) mass is 588 g/mol. The van der Waals surface area contributed by atoms with Crippen LogP contribution >= 0.6 is 11.6 Å². The molecule has 6 bridgehead atoms. The molecule has 216 valence electrons. The van der Waals surface area contributed by atoms with Crippen LogP contribution in [-0.2, 0) is 11.2 Å². The Morgan fingerprint density at radius 3 is 2.90 bits per heavy atom. The van der Waals surface area contributed by atoms with Crippen molar-refractivity contribution in [3.63, 3.8) is 0 Å². The number of halogens is 2. The summed E-state index contributed by atoms with van der Waals surface area (Å²) >= 11 is 6.37. The van der Waals surface area contributed by atoms with Gasteiger partial charge in [0.25, 0.3) is 0 Å². The Balaban J connectivity index is 1.12. The molecule has 2 atom stereocenters. The lowest BCUT2D eigenvalue weighted by Crippen LogP contribution is -2.33. The van der Waals surface area contributed by atoms with Crippen molar-refractivity contribution >= 4 is 58.6 Å². The zero-order valence-electron chi connectivity index (χ0n) is 22.7. The van der Waals surface area contributed by atoms with Gasteiger partial charge < -0.3 is 26.2 Å². The maximum Gasteiger partial charge on any atom is 0.321 e. The number of benzene rings is 2. The third-order valence-corrected chi connectivity index (χ3v) is 7.85. The van der Waals surface area contributed by atoms with E-state index in [1.165, 1.54) is 12.1 Å².